The molecule has 2 aliphatic carbocycles. The zero-order valence-electron chi connectivity index (χ0n) is 12.9. The summed E-state index contributed by atoms with van der Waals surface area (Å²) in [6.45, 7) is 4.41. The van der Waals surface area contributed by atoms with Gasteiger partial charge >= 0.3 is 0 Å². The van der Waals surface area contributed by atoms with Gasteiger partial charge in [-0.3, -0.25) is 0 Å². The van der Waals surface area contributed by atoms with Crippen molar-refractivity contribution in [2.24, 2.45) is 11.7 Å². The Hall–Kier alpha value is -0.900. The summed E-state index contributed by atoms with van der Waals surface area (Å²) in [5.74, 6) is 2.92. The molecule has 4 nitrogen and oxygen atoms in total. The van der Waals surface area contributed by atoms with E-state index in [1.807, 2.05) is 0 Å². The first kappa shape index (κ1) is 14.1. The second-order valence-electron chi connectivity index (χ2n) is 7.07. The molecule has 0 atom stereocenters. The summed E-state index contributed by atoms with van der Waals surface area (Å²) < 4.78 is 2.38. The second kappa shape index (κ2) is 5.47. The number of rotatable bonds is 2. The van der Waals surface area contributed by atoms with Crippen molar-refractivity contribution in [3.8, 4) is 0 Å². The molecular formula is C16H28N4. The normalized spacial score (nSPS) is 32.5. The van der Waals surface area contributed by atoms with Crippen LogP contribution in [0.3, 0.4) is 0 Å². The molecular weight excluding hydrogens is 248 g/mol. The van der Waals surface area contributed by atoms with Gasteiger partial charge in [-0.05, 0) is 51.4 Å². The lowest BCUT2D eigenvalue weighted by Gasteiger charge is -2.37. The molecule has 0 saturated heterocycles. The Balaban J connectivity index is 1.89. The summed E-state index contributed by atoms with van der Waals surface area (Å²) in [7, 11) is 0. The summed E-state index contributed by atoms with van der Waals surface area (Å²) in [5, 5.41) is 8.86. The van der Waals surface area contributed by atoms with Gasteiger partial charge in [0.2, 0.25) is 0 Å². The fourth-order valence-corrected chi connectivity index (χ4v) is 3.99. The average Bonchev–Trinajstić information content (AvgIpc) is 2.86. The van der Waals surface area contributed by atoms with Crippen molar-refractivity contribution in [2.75, 3.05) is 0 Å². The number of nitrogens with zero attached hydrogens (tertiary/aromatic N) is 3. The third-order valence-corrected chi connectivity index (χ3v) is 5.42. The number of aromatic nitrogens is 3. The minimum absolute atomic E-state index is 0.245. The largest absolute Gasteiger partial charge is 0.319 e. The number of nitrogens with two attached hydrogens (primary N) is 1. The Morgan fingerprint density at radius 1 is 1.05 bits per heavy atom. The van der Waals surface area contributed by atoms with Crippen LogP contribution < -0.4 is 5.73 Å². The molecule has 0 aromatic carbocycles. The van der Waals surface area contributed by atoms with Crippen LogP contribution in [0.25, 0.3) is 0 Å². The number of aryl methyl sites for hydroxylation is 1. The maximum atomic E-state index is 6.74. The van der Waals surface area contributed by atoms with Crippen LogP contribution >= 0.6 is 0 Å². The number of hydrogen-bond acceptors (Lipinski definition) is 3. The van der Waals surface area contributed by atoms with Gasteiger partial charge < -0.3 is 10.3 Å². The fourth-order valence-electron chi connectivity index (χ4n) is 3.99. The highest BCUT2D eigenvalue weighted by Gasteiger charge is 2.38. The van der Waals surface area contributed by atoms with Gasteiger partial charge in [-0.15, -0.1) is 10.2 Å². The van der Waals surface area contributed by atoms with Crippen LogP contribution in [-0.4, -0.2) is 14.8 Å². The Morgan fingerprint density at radius 3 is 2.35 bits per heavy atom. The monoisotopic (exact) mass is 276 g/mol. The van der Waals surface area contributed by atoms with E-state index in [4.69, 9.17) is 5.73 Å². The van der Waals surface area contributed by atoms with Gasteiger partial charge in [0.1, 0.15) is 5.82 Å². The van der Waals surface area contributed by atoms with Crippen molar-refractivity contribution >= 4 is 0 Å². The molecule has 1 aromatic rings. The highest BCUT2D eigenvalue weighted by molar-refractivity contribution is 5.11. The lowest BCUT2D eigenvalue weighted by molar-refractivity contribution is 0.219. The highest BCUT2D eigenvalue weighted by atomic mass is 15.3. The zero-order valence-corrected chi connectivity index (χ0v) is 12.9. The van der Waals surface area contributed by atoms with E-state index in [0.29, 0.717) is 6.04 Å². The van der Waals surface area contributed by atoms with E-state index >= 15 is 0 Å². The van der Waals surface area contributed by atoms with Crippen LogP contribution in [0, 0.1) is 12.8 Å². The molecule has 2 N–H and O–H groups in total. The molecule has 2 aliphatic rings. The Labute approximate surface area is 122 Å². The van der Waals surface area contributed by atoms with E-state index in [-0.39, 0.29) is 5.54 Å². The van der Waals surface area contributed by atoms with Crippen LogP contribution in [-0.2, 0) is 5.54 Å². The van der Waals surface area contributed by atoms with Crippen molar-refractivity contribution in [1.29, 1.82) is 0 Å². The first-order valence-electron chi connectivity index (χ1n) is 8.31. The highest BCUT2D eigenvalue weighted by Crippen LogP contribution is 2.39. The molecule has 3 rings (SSSR count). The maximum absolute atomic E-state index is 6.74. The van der Waals surface area contributed by atoms with Crippen LogP contribution in [0.4, 0.5) is 0 Å². The molecule has 2 fully saturated rings. The van der Waals surface area contributed by atoms with E-state index in [1.165, 1.54) is 44.9 Å². The van der Waals surface area contributed by atoms with Crippen LogP contribution in [0.1, 0.15) is 82.4 Å². The molecule has 0 bridgehead atoms. The van der Waals surface area contributed by atoms with Gasteiger partial charge in [-0.2, -0.15) is 0 Å². The quantitative estimate of drug-likeness (QED) is 0.900. The van der Waals surface area contributed by atoms with Crippen molar-refractivity contribution in [2.45, 2.75) is 83.2 Å². The summed E-state index contributed by atoms with van der Waals surface area (Å²) in [6, 6.07) is 0.577. The van der Waals surface area contributed by atoms with E-state index in [0.717, 1.165) is 30.4 Å². The predicted octanol–water partition coefficient (Wildman–Crippen LogP) is 3.46. The summed E-state index contributed by atoms with van der Waals surface area (Å²) >= 11 is 0. The van der Waals surface area contributed by atoms with Crippen LogP contribution in [0.15, 0.2) is 0 Å². The van der Waals surface area contributed by atoms with Gasteiger partial charge in [0.25, 0.3) is 0 Å². The number of hydrogen-bond donors (Lipinski definition) is 1. The molecule has 0 aliphatic heterocycles. The van der Waals surface area contributed by atoms with E-state index in [9.17, 15) is 0 Å². The minimum atomic E-state index is -0.245. The van der Waals surface area contributed by atoms with Gasteiger partial charge in [-0.1, -0.05) is 26.2 Å². The molecule has 0 amide bonds. The molecule has 0 unspecified atom stereocenters. The molecule has 1 heterocycles. The average molecular weight is 276 g/mol. The molecule has 4 heteroatoms. The maximum Gasteiger partial charge on any atom is 0.153 e. The van der Waals surface area contributed by atoms with Crippen molar-refractivity contribution in [3.63, 3.8) is 0 Å². The summed E-state index contributed by atoms with van der Waals surface area (Å²) in [4.78, 5) is 0. The standard InChI is InChI=1S/C16H28N4/c1-12-8-10-16(17,11-9-12)15-19-18-13(2)20(15)14-6-4-3-5-7-14/h12,14H,3-11,17H2,1-2H3. The van der Waals surface area contributed by atoms with Crippen molar-refractivity contribution in [1.82, 2.24) is 14.8 Å². The first-order chi connectivity index (χ1) is 9.60. The summed E-state index contributed by atoms with van der Waals surface area (Å²) in [5.41, 5.74) is 6.50. The Kier molecular flexibility index (Phi) is 3.85. The van der Waals surface area contributed by atoms with Crippen LogP contribution in [0.2, 0.25) is 0 Å². The van der Waals surface area contributed by atoms with Crippen LogP contribution in [0.5, 0.6) is 0 Å². The Morgan fingerprint density at radius 2 is 1.70 bits per heavy atom. The van der Waals surface area contributed by atoms with Gasteiger partial charge in [-0.25, -0.2) is 0 Å². The third-order valence-electron chi connectivity index (χ3n) is 5.42. The third kappa shape index (κ3) is 2.50. The zero-order chi connectivity index (χ0) is 14.2. The Bertz CT molecular complexity index is 451. The first-order valence-corrected chi connectivity index (χ1v) is 8.31. The minimum Gasteiger partial charge on any atom is -0.319 e. The molecule has 1 aromatic heterocycles. The second-order valence-corrected chi connectivity index (χ2v) is 7.07. The van der Waals surface area contributed by atoms with Crippen molar-refractivity contribution in [3.05, 3.63) is 11.6 Å². The van der Waals surface area contributed by atoms with E-state index in [2.05, 4.69) is 28.6 Å². The van der Waals surface area contributed by atoms with Gasteiger partial charge in [0, 0.05) is 6.04 Å². The molecule has 2 saturated carbocycles. The van der Waals surface area contributed by atoms with Crippen molar-refractivity contribution < 1.29 is 0 Å². The lowest BCUT2D eigenvalue weighted by Crippen LogP contribution is -2.43. The SMILES string of the molecule is Cc1nnc(C2(N)CCC(C)CC2)n1C1CCCCC1. The molecule has 20 heavy (non-hydrogen) atoms. The van der Waals surface area contributed by atoms with Gasteiger partial charge in [0.05, 0.1) is 5.54 Å². The molecule has 0 radical (unpaired) electrons. The topological polar surface area (TPSA) is 56.7 Å². The summed E-state index contributed by atoms with van der Waals surface area (Å²) in [6.07, 6.45) is 11.1. The smallest absolute Gasteiger partial charge is 0.153 e. The van der Waals surface area contributed by atoms with Gasteiger partial charge in [0.15, 0.2) is 5.82 Å². The fraction of sp³-hybridized carbons (Fsp3) is 0.875. The van der Waals surface area contributed by atoms with E-state index in [1.54, 1.807) is 0 Å². The lowest BCUT2D eigenvalue weighted by atomic mass is 9.77. The van der Waals surface area contributed by atoms with E-state index < -0.39 is 0 Å². The molecule has 0 spiro atoms. The predicted molar refractivity (Wildman–Crippen MR) is 80.4 cm³/mol. The molecule has 112 valence electrons.